The third kappa shape index (κ3) is 5.72. The molecule has 1 fully saturated rings. The van der Waals surface area contributed by atoms with Gasteiger partial charge >= 0.3 is 0 Å². The van der Waals surface area contributed by atoms with Crippen molar-refractivity contribution in [3.05, 3.63) is 0 Å². The second-order valence-corrected chi connectivity index (χ2v) is 7.73. The predicted molar refractivity (Wildman–Crippen MR) is 86.0 cm³/mol. The Bertz CT molecular complexity index is 214. The van der Waals surface area contributed by atoms with Crippen molar-refractivity contribution >= 4 is 23.5 Å². The Kier molecular flexibility index (Phi) is 8.81. The molecular formula is C14H29NOS2. The lowest BCUT2D eigenvalue weighted by molar-refractivity contribution is 0.0606. The van der Waals surface area contributed by atoms with Gasteiger partial charge in [0.25, 0.3) is 0 Å². The van der Waals surface area contributed by atoms with Gasteiger partial charge in [0.1, 0.15) is 0 Å². The van der Waals surface area contributed by atoms with Gasteiger partial charge in [-0.15, -0.1) is 0 Å². The molecule has 1 saturated heterocycles. The van der Waals surface area contributed by atoms with Crippen molar-refractivity contribution in [2.45, 2.75) is 63.2 Å². The second kappa shape index (κ2) is 9.51. The molecule has 0 aromatic rings. The molecule has 3 atom stereocenters. The number of rotatable bonds is 8. The minimum atomic E-state index is 0.331. The molecule has 0 aromatic carbocycles. The predicted octanol–water partition coefficient (Wildman–Crippen LogP) is 3.41. The summed E-state index contributed by atoms with van der Waals surface area (Å²) in [5.74, 6) is 2.60. The molecule has 1 heterocycles. The third-order valence-corrected chi connectivity index (χ3v) is 6.56. The van der Waals surface area contributed by atoms with E-state index in [1.165, 1.54) is 24.3 Å². The van der Waals surface area contributed by atoms with E-state index in [4.69, 9.17) is 4.74 Å². The summed E-state index contributed by atoms with van der Waals surface area (Å²) < 4.78 is 5.86. The highest BCUT2D eigenvalue weighted by Gasteiger charge is 2.31. The van der Waals surface area contributed by atoms with Gasteiger partial charge in [-0.1, -0.05) is 13.8 Å². The topological polar surface area (TPSA) is 21.3 Å². The van der Waals surface area contributed by atoms with Crippen molar-refractivity contribution in [2.24, 2.45) is 0 Å². The number of hydrogen-bond donors (Lipinski definition) is 1. The maximum atomic E-state index is 5.86. The lowest BCUT2D eigenvalue weighted by atomic mass is 10.1. The fourth-order valence-corrected chi connectivity index (χ4v) is 5.45. The van der Waals surface area contributed by atoms with Gasteiger partial charge in [0.15, 0.2) is 0 Å². The number of nitrogens with one attached hydrogen (secondary N) is 1. The van der Waals surface area contributed by atoms with E-state index in [9.17, 15) is 0 Å². The summed E-state index contributed by atoms with van der Waals surface area (Å²) in [5, 5.41) is 5.19. The normalized spacial score (nSPS) is 26.5. The molecule has 0 bridgehead atoms. The lowest BCUT2D eigenvalue weighted by Gasteiger charge is -2.36. The molecule has 0 aliphatic carbocycles. The Morgan fingerprint density at radius 1 is 1.22 bits per heavy atom. The van der Waals surface area contributed by atoms with E-state index < -0.39 is 0 Å². The second-order valence-electron chi connectivity index (χ2n) is 5.10. The Hall–Kier alpha value is 0.620. The third-order valence-electron chi connectivity index (χ3n) is 3.16. The minimum absolute atomic E-state index is 0.331. The summed E-state index contributed by atoms with van der Waals surface area (Å²) in [5.41, 5.74) is 0. The van der Waals surface area contributed by atoms with Gasteiger partial charge in [-0.2, -0.15) is 23.5 Å². The van der Waals surface area contributed by atoms with Crippen molar-refractivity contribution in [3.63, 3.8) is 0 Å². The summed E-state index contributed by atoms with van der Waals surface area (Å²) >= 11 is 4.29. The largest absolute Gasteiger partial charge is 0.377 e. The van der Waals surface area contributed by atoms with Crippen LogP contribution in [-0.4, -0.2) is 47.3 Å². The van der Waals surface area contributed by atoms with Gasteiger partial charge < -0.3 is 10.1 Å². The molecule has 2 nitrogen and oxygen atoms in total. The van der Waals surface area contributed by atoms with E-state index in [0.29, 0.717) is 17.4 Å². The smallest absolute Gasteiger partial charge is 0.0634 e. The van der Waals surface area contributed by atoms with Crippen molar-refractivity contribution in [3.8, 4) is 0 Å². The number of hydrogen-bond acceptors (Lipinski definition) is 4. The van der Waals surface area contributed by atoms with Crippen LogP contribution in [0.25, 0.3) is 0 Å². The molecule has 108 valence electrons. The van der Waals surface area contributed by atoms with Gasteiger partial charge in [-0.3, -0.25) is 0 Å². The Labute approximate surface area is 121 Å². The molecule has 18 heavy (non-hydrogen) atoms. The summed E-state index contributed by atoms with van der Waals surface area (Å²) in [6.07, 6.45) is 2.80. The van der Waals surface area contributed by atoms with Crippen molar-refractivity contribution < 1.29 is 4.74 Å². The fraction of sp³-hybridized carbons (Fsp3) is 1.00. The first kappa shape index (κ1) is 16.7. The average Bonchev–Trinajstić information content (AvgIpc) is 2.38. The van der Waals surface area contributed by atoms with Crippen LogP contribution in [0.4, 0.5) is 0 Å². The van der Waals surface area contributed by atoms with Crippen LogP contribution in [0.5, 0.6) is 0 Å². The highest BCUT2D eigenvalue weighted by Crippen LogP contribution is 2.35. The molecule has 4 heteroatoms. The van der Waals surface area contributed by atoms with Crippen LogP contribution in [0.1, 0.15) is 40.5 Å². The van der Waals surface area contributed by atoms with E-state index in [1.54, 1.807) is 0 Å². The van der Waals surface area contributed by atoms with Crippen LogP contribution in [0, 0.1) is 0 Å². The van der Waals surface area contributed by atoms with Gasteiger partial charge in [0.05, 0.1) is 12.7 Å². The molecule has 3 unspecified atom stereocenters. The highest BCUT2D eigenvalue weighted by atomic mass is 32.2. The summed E-state index contributed by atoms with van der Waals surface area (Å²) in [7, 11) is 0. The van der Waals surface area contributed by atoms with Gasteiger partial charge in [-0.25, -0.2) is 0 Å². The first-order chi connectivity index (χ1) is 8.69. The fourth-order valence-electron chi connectivity index (χ4n) is 2.21. The van der Waals surface area contributed by atoms with E-state index in [1.807, 2.05) is 0 Å². The van der Waals surface area contributed by atoms with Gasteiger partial charge in [-0.05, 0) is 33.2 Å². The van der Waals surface area contributed by atoms with Gasteiger partial charge in [0, 0.05) is 28.0 Å². The maximum Gasteiger partial charge on any atom is 0.0634 e. The molecule has 0 spiro atoms. The van der Waals surface area contributed by atoms with Crippen LogP contribution in [0.3, 0.4) is 0 Å². The maximum absolute atomic E-state index is 5.86. The van der Waals surface area contributed by atoms with Crippen LogP contribution in [0.15, 0.2) is 0 Å². The molecule has 1 aliphatic heterocycles. The molecular weight excluding hydrogens is 262 g/mol. The monoisotopic (exact) mass is 291 g/mol. The zero-order chi connectivity index (χ0) is 13.4. The van der Waals surface area contributed by atoms with Gasteiger partial charge in [0.2, 0.25) is 0 Å². The van der Waals surface area contributed by atoms with Crippen LogP contribution >= 0.6 is 23.5 Å². The molecule has 1 rings (SSSR count). The first-order valence-corrected chi connectivity index (χ1v) is 9.36. The molecule has 0 saturated carbocycles. The zero-order valence-electron chi connectivity index (χ0n) is 12.3. The average molecular weight is 292 g/mol. The Balaban J connectivity index is 2.54. The van der Waals surface area contributed by atoms with Crippen molar-refractivity contribution in [1.82, 2.24) is 5.32 Å². The molecule has 1 N–H and O–H groups in total. The van der Waals surface area contributed by atoms with Crippen molar-refractivity contribution in [1.29, 1.82) is 0 Å². The van der Waals surface area contributed by atoms with Crippen LogP contribution < -0.4 is 5.32 Å². The van der Waals surface area contributed by atoms with E-state index in [2.05, 4.69) is 56.5 Å². The summed E-state index contributed by atoms with van der Waals surface area (Å²) in [4.78, 5) is 0. The lowest BCUT2D eigenvalue weighted by Crippen LogP contribution is -2.48. The summed E-state index contributed by atoms with van der Waals surface area (Å²) in [6, 6.07) is 0.509. The standard InChI is InChI=1S/C14H29NOS2/c1-5-7-15-12(10-16-11(3)4)14-13(6-2)17-8-9-18-14/h11-15H,5-10H2,1-4H3. The summed E-state index contributed by atoms with van der Waals surface area (Å²) in [6.45, 7) is 10.7. The molecule has 1 aliphatic rings. The molecule has 0 aromatic heterocycles. The minimum Gasteiger partial charge on any atom is -0.377 e. The Morgan fingerprint density at radius 3 is 2.56 bits per heavy atom. The number of thioether (sulfide) groups is 2. The quantitative estimate of drug-likeness (QED) is 0.739. The molecule has 0 amide bonds. The van der Waals surface area contributed by atoms with E-state index in [-0.39, 0.29) is 0 Å². The van der Waals surface area contributed by atoms with E-state index in [0.717, 1.165) is 18.4 Å². The van der Waals surface area contributed by atoms with Crippen LogP contribution in [-0.2, 0) is 4.74 Å². The number of ether oxygens (including phenoxy) is 1. The van der Waals surface area contributed by atoms with Crippen molar-refractivity contribution in [2.75, 3.05) is 24.7 Å². The zero-order valence-corrected chi connectivity index (χ0v) is 13.9. The van der Waals surface area contributed by atoms with Crippen LogP contribution in [0.2, 0.25) is 0 Å². The highest BCUT2D eigenvalue weighted by molar-refractivity contribution is 8.07. The first-order valence-electron chi connectivity index (χ1n) is 7.27. The molecule has 0 radical (unpaired) electrons. The van der Waals surface area contributed by atoms with E-state index >= 15 is 0 Å². The SMILES string of the molecule is CCCNC(COC(C)C)C1SCCSC1CC. The Morgan fingerprint density at radius 2 is 1.94 bits per heavy atom.